The van der Waals surface area contributed by atoms with Crippen molar-refractivity contribution < 1.29 is 12.8 Å². The standard InChI is InChI=1S/C24H27ClN2O4S/c1-16(2)21-14-22-18(13-24(28)31-23(22)12-17(21)3)15-26-8-10-27(11-9-26)32(29,30)20-6-4-19(25)5-7-20/h4-7,12-14,16H,8-11,15H2,1-3H3. The first-order valence-electron chi connectivity index (χ1n) is 10.7. The third kappa shape index (κ3) is 4.62. The first kappa shape index (κ1) is 23.0. The lowest BCUT2D eigenvalue weighted by Crippen LogP contribution is -2.48. The second-order valence-electron chi connectivity index (χ2n) is 8.58. The van der Waals surface area contributed by atoms with Crippen LogP contribution in [0.3, 0.4) is 0 Å². The molecule has 0 aliphatic carbocycles. The summed E-state index contributed by atoms with van der Waals surface area (Å²) >= 11 is 5.89. The number of halogens is 1. The summed E-state index contributed by atoms with van der Waals surface area (Å²) in [6, 6.07) is 11.9. The van der Waals surface area contributed by atoms with Crippen LogP contribution in [0.4, 0.5) is 0 Å². The van der Waals surface area contributed by atoms with Crippen LogP contribution in [0.15, 0.2) is 56.6 Å². The van der Waals surface area contributed by atoms with Crippen molar-refractivity contribution in [2.24, 2.45) is 0 Å². The first-order chi connectivity index (χ1) is 15.1. The van der Waals surface area contributed by atoms with Crippen LogP contribution in [0.25, 0.3) is 11.0 Å². The summed E-state index contributed by atoms with van der Waals surface area (Å²) in [4.78, 5) is 14.6. The summed E-state index contributed by atoms with van der Waals surface area (Å²) in [6.45, 7) is 8.83. The van der Waals surface area contributed by atoms with E-state index in [9.17, 15) is 13.2 Å². The highest BCUT2D eigenvalue weighted by Crippen LogP contribution is 2.28. The van der Waals surface area contributed by atoms with E-state index in [1.807, 2.05) is 13.0 Å². The molecule has 4 rings (SSSR count). The Bertz CT molecular complexity index is 1290. The second kappa shape index (κ2) is 8.98. The minimum absolute atomic E-state index is 0.249. The highest BCUT2D eigenvalue weighted by molar-refractivity contribution is 7.89. The molecular weight excluding hydrogens is 448 g/mol. The maximum absolute atomic E-state index is 12.9. The Hall–Kier alpha value is -2.19. The molecule has 0 atom stereocenters. The number of fused-ring (bicyclic) bond motifs is 1. The van der Waals surface area contributed by atoms with Crippen LogP contribution >= 0.6 is 11.6 Å². The summed E-state index contributed by atoms with van der Waals surface area (Å²) in [6.07, 6.45) is 0. The highest BCUT2D eigenvalue weighted by Gasteiger charge is 2.28. The molecule has 0 saturated carbocycles. The Morgan fingerprint density at radius 1 is 1.03 bits per heavy atom. The molecule has 0 spiro atoms. The number of sulfonamides is 1. The third-order valence-electron chi connectivity index (χ3n) is 6.02. The summed E-state index contributed by atoms with van der Waals surface area (Å²) < 4.78 is 32.8. The molecule has 0 bridgehead atoms. The number of piperazine rings is 1. The molecule has 3 aromatic rings. The van der Waals surface area contributed by atoms with E-state index in [0.29, 0.717) is 49.2 Å². The Morgan fingerprint density at radius 2 is 1.69 bits per heavy atom. The monoisotopic (exact) mass is 474 g/mol. The number of hydrogen-bond acceptors (Lipinski definition) is 5. The second-order valence-corrected chi connectivity index (χ2v) is 11.0. The van der Waals surface area contributed by atoms with Gasteiger partial charge in [0.25, 0.3) is 0 Å². The molecule has 0 radical (unpaired) electrons. The van der Waals surface area contributed by atoms with Crippen molar-refractivity contribution in [3.8, 4) is 0 Å². The summed E-state index contributed by atoms with van der Waals surface area (Å²) in [5.41, 5.74) is 3.47. The molecule has 0 unspecified atom stereocenters. The van der Waals surface area contributed by atoms with Crippen molar-refractivity contribution in [1.82, 2.24) is 9.21 Å². The van der Waals surface area contributed by atoms with E-state index >= 15 is 0 Å². The van der Waals surface area contributed by atoms with Gasteiger partial charge in [-0.15, -0.1) is 0 Å². The number of aryl methyl sites for hydroxylation is 1. The van der Waals surface area contributed by atoms with Crippen LogP contribution in [0.1, 0.15) is 36.5 Å². The van der Waals surface area contributed by atoms with Gasteiger partial charge in [-0.05, 0) is 65.9 Å². The van der Waals surface area contributed by atoms with Gasteiger partial charge in [-0.2, -0.15) is 4.31 Å². The Labute approximate surface area is 193 Å². The molecule has 8 heteroatoms. The van der Waals surface area contributed by atoms with Gasteiger partial charge in [0.05, 0.1) is 4.90 Å². The Kier molecular flexibility index (Phi) is 6.45. The van der Waals surface area contributed by atoms with Crippen molar-refractivity contribution in [3.63, 3.8) is 0 Å². The number of nitrogens with zero attached hydrogens (tertiary/aromatic N) is 2. The van der Waals surface area contributed by atoms with Gasteiger partial charge in [0.15, 0.2) is 0 Å². The van der Waals surface area contributed by atoms with Crippen molar-refractivity contribution in [2.45, 2.75) is 38.1 Å². The maximum Gasteiger partial charge on any atom is 0.336 e. The van der Waals surface area contributed by atoms with Crippen LogP contribution in [-0.2, 0) is 16.6 Å². The summed E-state index contributed by atoms with van der Waals surface area (Å²) in [5, 5.41) is 1.44. The zero-order chi connectivity index (χ0) is 23.0. The van der Waals surface area contributed by atoms with E-state index in [0.717, 1.165) is 16.5 Å². The molecule has 0 amide bonds. The van der Waals surface area contributed by atoms with Crippen LogP contribution in [0.2, 0.25) is 5.02 Å². The number of hydrogen-bond donors (Lipinski definition) is 0. The fraction of sp³-hybridized carbons (Fsp3) is 0.375. The Morgan fingerprint density at radius 3 is 2.31 bits per heavy atom. The molecule has 170 valence electrons. The van der Waals surface area contributed by atoms with Crippen LogP contribution in [0, 0.1) is 6.92 Å². The van der Waals surface area contributed by atoms with E-state index in [-0.39, 0.29) is 10.5 Å². The first-order valence-corrected chi connectivity index (χ1v) is 12.5. The molecule has 6 nitrogen and oxygen atoms in total. The lowest BCUT2D eigenvalue weighted by Gasteiger charge is -2.34. The van der Waals surface area contributed by atoms with Crippen LogP contribution in [-0.4, -0.2) is 43.8 Å². The van der Waals surface area contributed by atoms with Crippen molar-refractivity contribution in [2.75, 3.05) is 26.2 Å². The lowest BCUT2D eigenvalue weighted by molar-refractivity contribution is 0.182. The van der Waals surface area contributed by atoms with Gasteiger partial charge in [-0.1, -0.05) is 25.4 Å². The molecule has 2 heterocycles. The van der Waals surface area contributed by atoms with E-state index < -0.39 is 10.0 Å². The topological polar surface area (TPSA) is 70.8 Å². The van der Waals surface area contributed by atoms with Gasteiger partial charge in [0.1, 0.15) is 5.58 Å². The number of benzene rings is 2. The molecule has 1 aliphatic rings. The fourth-order valence-electron chi connectivity index (χ4n) is 4.27. The van der Waals surface area contributed by atoms with Gasteiger partial charge in [0, 0.05) is 49.2 Å². The van der Waals surface area contributed by atoms with E-state index in [1.54, 1.807) is 18.2 Å². The zero-order valence-corrected chi connectivity index (χ0v) is 20.0. The van der Waals surface area contributed by atoms with E-state index in [2.05, 4.69) is 24.8 Å². The number of rotatable bonds is 5. The minimum Gasteiger partial charge on any atom is -0.423 e. The van der Waals surface area contributed by atoms with Crippen molar-refractivity contribution in [1.29, 1.82) is 0 Å². The summed E-state index contributed by atoms with van der Waals surface area (Å²) in [7, 11) is -3.55. The predicted octanol–water partition coefficient (Wildman–Crippen LogP) is 4.38. The quantitative estimate of drug-likeness (QED) is 0.513. The molecule has 2 aromatic carbocycles. The van der Waals surface area contributed by atoms with Crippen molar-refractivity contribution in [3.05, 3.63) is 74.6 Å². The van der Waals surface area contributed by atoms with Crippen LogP contribution in [0.5, 0.6) is 0 Å². The van der Waals surface area contributed by atoms with Gasteiger partial charge in [-0.3, -0.25) is 4.90 Å². The normalized spacial score (nSPS) is 16.2. The van der Waals surface area contributed by atoms with Gasteiger partial charge < -0.3 is 4.42 Å². The van der Waals surface area contributed by atoms with Crippen molar-refractivity contribution >= 4 is 32.6 Å². The molecule has 1 aliphatic heterocycles. The van der Waals surface area contributed by atoms with Crippen LogP contribution < -0.4 is 5.63 Å². The lowest BCUT2D eigenvalue weighted by atomic mass is 9.95. The molecule has 1 saturated heterocycles. The molecule has 0 N–H and O–H groups in total. The highest BCUT2D eigenvalue weighted by atomic mass is 35.5. The van der Waals surface area contributed by atoms with Gasteiger partial charge >= 0.3 is 5.63 Å². The molecular formula is C24H27ClN2O4S. The zero-order valence-electron chi connectivity index (χ0n) is 18.5. The Balaban J connectivity index is 1.53. The third-order valence-corrected chi connectivity index (χ3v) is 8.18. The van der Waals surface area contributed by atoms with Gasteiger partial charge in [0.2, 0.25) is 10.0 Å². The molecule has 1 fully saturated rings. The van der Waals surface area contributed by atoms with E-state index in [1.165, 1.54) is 22.0 Å². The molecule has 32 heavy (non-hydrogen) atoms. The summed E-state index contributed by atoms with van der Waals surface area (Å²) in [5.74, 6) is 0.362. The largest absolute Gasteiger partial charge is 0.423 e. The van der Waals surface area contributed by atoms with E-state index in [4.69, 9.17) is 16.0 Å². The minimum atomic E-state index is -3.55. The average Bonchev–Trinajstić information content (AvgIpc) is 2.73. The fourth-order valence-corrected chi connectivity index (χ4v) is 5.82. The predicted molar refractivity (Wildman–Crippen MR) is 127 cm³/mol. The average molecular weight is 475 g/mol. The SMILES string of the molecule is Cc1cc2oc(=O)cc(CN3CCN(S(=O)(=O)c4ccc(Cl)cc4)CC3)c2cc1C(C)C. The smallest absolute Gasteiger partial charge is 0.336 e. The van der Waals surface area contributed by atoms with Gasteiger partial charge in [-0.25, -0.2) is 13.2 Å². The molecule has 1 aromatic heterocycles. The maximum atomic E-state index is 12.9.